The molecular formula is C11H18N2O2. The summed E-state index contributed by atoms with van der Waals surface area (Å²) in [5.41, 5.74) is 0. The maximum absolute atomic E-state index is 11.5. The van der Waals surface area contributed by atoms with E-state index in [9.17, 15) is 4.79 Å². The standard InChI is InChI=1S/C11H18N2O2/c1-7-4-10(7)13-11(15)12-9-3-2-8(5-9)6-14/h2-3,7-10,14H,4-6H2,1H3,(H2,12,13,15)/t7?,8-,9+,10?/m0/s1. The van der Waals surface area contributed by atoms with Crippen molar-refractivity contribution in [3.63, 3.8) is 0 Å². The second-order valence-corrected chi connectivity index (χ2v) is 4.61. The Morgan fingerprint density at radius 1 is 1.40 bits per heavy atom. The Labute approximate surface area is 89.7 Å². The Morgan fingerprint density at radius 2 is 2.13 bits per heavy atom. The molecule has 3 N–H and O–H groups in total. The number of carbonyl (C=O) groups is 1. The van der Waals surface area contributed by atoms with E-state index in [1.165, 1.54) is 0 Å². The molecular weight excluding hydrogens is 192 g/mol. The fourth-order valence-electron chi connectivity index (χ4n) is 1.92. The summed E-state index contributed by atoms with van der Waals surface area (Å²) < 4.78 is 0. The lowest BCUT2D eigenvalue weighted by Gasteiger charge is -2.13. The van der Waals surface area contributed by atoms with Gasteiger partial charge in [-0.1, -0.05) is 19.1 Å². The van der Waals surface area contributed by atoms with Crippen molar-refractivity contribution >= 4 is 6.03 Å². The molecule has 4 atom stereocenters. The van der Waals surface area contributed by atoms with Crippen LogP contribution in [0, 0.1) is 11.8 Å². The van der Waals surface area contributed by atoms with Gasteiger partial charge in [0.25, 0.3) is 0 Å². The summed E-state index contributed by atoms with van der Waals surface area (Å²) in [6.45, 7) is 2.29. The SMILES string of the molecule is CC1CC1NC(=O)N[C@@H]1C=C[C@H](CO)C1. The minimum atomic E-state index is -0.0856. The average Bonchev–Trinajstić information content (AvgIpc) is 2.72. The van der Waals surface area contributed by atoms with Gasteiger partial charge in [0.1, 0.15) is 0 Å². The van der Waals surface area contributed by atoms with E-state index in [-0.39, 0.29) is 24.6 Å². The van der Waals surface area contributed by atoms with Gasteiger partial charge in [-0.2, -0.15) is 0 Å². The fourth-order valence-corrected chi connectivity index (χ4v) is 1.92. The first kappa shape index (κ1) is 10.5. The van der Waals surface area contributed by atoms with Crippen LogP contribution in [0.5, 0.6) is 0 Å². The molecule has 15 heavy (non-hydrogen) atoms. The molecule has 0 aromatic rings. The van der Waals surface area contributed by atoms with Crippen LogP contribution in [-0.4, -0.2) is 29.8 Å². The van der Waals surface area contributed by atoms with Crippen molar-refractivity contribution < 1.29 is 9.90 Å². The zero-order chi connectivity index (χ0) is 10.8. The van der Waals surface area contributed by atoms with Gasteiger partial charge in [0, 0.05) is 24.6 Å². The van der Waals surface area contributed by atoms with E-state index in [0.29, 0.717) is 12.0 Å². The summed E-state index contributed by atoms with van der Waals surface area (Å²) >= 11 is 0. The van der Waals surface area contributed by atoms with Gasteiger partial charge in [0.05, 0.1) is 0 Å². The number of nitrogens with one attached hydrogen (secondary N) is 2. The van der Waals surface area contributed by atoms with Crippen LogP contribution in [0.25, 0.3) is 0 Å². The van der Waals surface area contributed by atoms with Gasteiger partial charge < -0.3 is 15.7 Å². The van der Waals surface area contributed by atoms with Crippen LogP contribution < -0.4 is 10.6 Å². The van der Waals surface area contributed by atoms with Crippen molar-refractivity contribution in [1.82, 2.24) is 10.6 Å². The largest absolute Gasteiger partial charge is 0.396 e. The van der Waals surface area contributed by atoms with Crippen LogP contribution in [0.15, 0.2) is 12.2 Å². The minimum absolute atomic E-state index is 0.0798. The summed E-state index contributed by atoms with van der Waals surface area (Å²) in [7, 11) is 0. The minimum Gasteiger partial charge on any atom is -0.396 e. The maximum atomic E-state index is 11.5. The lowest BCUT2D eigenvalue weighted by atomic mass is 10.1. The van der Waals surface area contributed by atoms with Gasteiger partial charge in [0.15, 0.2) is 0 Å². The molecule has 0 spiro atoms. The van der Waals surface area contributed by atoms with E-state index in [1.54, 1.807) is 0 Å². The van der Waals surface area contributed by atoms with Gasteiger partial charge in [-0.25, -0.2) is 4.79 Å². The molecule has 0 heterocycles. The molecule has 2 aliphatic rings. The molecule has 1 fully saturated rings. The molecule has 0 saturated heterocycles. The molecule has 84 valence electrons. The van der Waals surface area contributed by atoms with Gasteiger partial charge in [0.2, 0.25) is 0 Å². The predicted octanol–water partition coefficient (Wildman–Crippen LogP) is 0.631. The molecule has 4 nitrogen and oxygen atoms in total. The summed E-state index contributed by atoms with van der Waals surface area (Å²) in [5, 5.41) is 14.7. The van der Waals surface area contributed by atoms with E-state index in [2.05, 4.69) is 17.6 Å². The molecule has 0 aromatic carbocycles. The second kappa shape index (κ2) is 4.23. The van der Waals surface area contributed by atoms with E-state index in [0.717, 1.165) is 12.8 Å². The number of hydrogen-bond acceptors (Lipinski definition) is 2. The molecule has 2 rings (SSSR count). The van der Waals surface area contributed by atoms with Crippen LogP contribution in [0.4, 0.5) is 4.79 Å². The van der Waals surface area contributed by atoms with Gasteiger partial charge in [-0.05, 0) is 18.8 Å². The van der Waals surface area contributed by atoms with Crippen LogP contribution in [0.3, 0.4) is 0 Å². The molecule has 0 bridgehead atoms. The fraction of sp³-hybridized carbons (Fsp3) is 0.727. The van der Waals surface area contributed by atoms with Gasteiger partial charge >= 0.3 is 6.03 Å². The number of aliphatic hydroxyl groups is 1. The zero-order valence-corrected chi connectivity index (χ0v) is 8.94. The summed E-state index contributed by atoms with van der Waals surface area (Å²) in [6, 6.07) is 0.359. The van der Waals surface area contributed by atoms with Crippen molar-refractivity contribution in [3.05, 3.63) is 12.2 Å². The highest BCUT2D eigenvalue weighted by Crippen LogP contribution is 2.28. The highest BCUT2D eigenvalue weighted by Gasteiger charge is 2.34. The molecule has 0 aliphatic heterocycles. The second-order valence-electron chi connectivity index (χ2n) is 4.61. The highest BCUT2D eigenvalue weighted by molar-refractivity contribution is 5.75. The number of amides is 2. The predicted molar refractivity (Wildman–Crippen MR) is 57.4 cm³/mol. The van der Waals surface area contributed by atoms with Crippen molar-refractivity contribution in [2.24, 2.45) is 11.8 Å². The van der Waals surface area contributed by atoms with Crippen LogP contribution in [0.2, 0.25) is 0 Å². The summed E-state index contributed by atoms with van der Waals surface area (Å²) in [6.07, 6.45) is 5.82. The Bertz CT molecular complexity index is 278. The summed E-state index contributed by atoms with van der Waals surface area (Å²) in [5.74, 6) is 0.829. The zero-order valence-electron chi connectivity index (χ0n) is 8.94. The Hall–Kier alpha value is -1.03. The molecule has 4 heteroatoms. The van der Waals surface area contributed by atoms with Gasteiger partial charge in [-0.15, -0.1) is 0 Å². The number of hydrogen-bond donors (Lipinski definition) is 3. The third-order valence-corrected chi connectivity index (χ3v) is 3.15. The third kappa shape index (κ3) is 2.72. The van der Waals surface area contributed by atoms with E-state index < -0.39 is 0 Å². The molecule has 2 amide bonds. The first-order chi connectivity index (χ1) is 7.19. The monoisotopic (exact) mass is 210 g/mol. The van der Waals surface area contributed by atoms with Crippen molar-refractivity contribution in [2.75, 3.05) is 6.61 Å². The number of aliphatic hydroxyl groups excluding tert-OH is 1. The number of urea groups is 1. The Kier molecular flexibility index (Phi) is 2.95. The van der Waals surface area contributed by atoms with Crippen LogP contribution in [-0.2, 0) is 0 Å². The topological polar surface area (TPSA) is 61.4 Å². The molecule has 0 aromatic heterocycles. The lowest BCUT2D eigenvalue weighted by Crippen LogP contribution is -2.42. The van der Waals surface area contributed by atoms with Crippen LogP contribution >= 0.6 is 0 Å². The van der Waals surface area contributed by atoms with Crippen molar-refractivity contribution in [1.29, 1.82) is 0 Å². The first-order valence-corrected chi connectivity index (χ1v) is 5.55. The molecule has 2 aliphatic carbocycles. The first-order valence-electron chi connectivity index (χ1n) is 5.55. The molecule has 1 saturated carbocycles. The summed E-state index contributed by atoms with van der Waals surface area (Å²) in [4.78, 5) is 11.5. The smallest absolute Gasteiger partial charge is 0.315 e. The highest BCUT2D eigenvalue weighted by atomic mass is 16.3. The molecule has 0 radical (unpaired) electrons. The Morgan fingerprint density at radius 3 is 2.67 bits per heavy atom. The van der Waals surface area contributed by atoms with Crippen molar-refractivity contribution in [2.45, 2.75) is 31.8 Å². The van der Waals surface area contributed by atoms with E-state index in [4.69, 9.17) is 5.11 Å². The Balaban J connectivity index is 1.69. The van der Waals surface area contributed by atoms with Gasteiger partial charge in [-0.3, -0.25) is 0 Å². The van der Waals surface area contributed by atoms with E-state index >= 15 is 0 Å². The molecule has 2 unspecified atom stereocenters. The third-order valence-electron chi connectivity index (χ3n) is 3.15. The maximum Gasteiger partial charge on any atom is 0.315 e. The van der Waals surface area contributed by atoms with E-state index in [1.807, 2.05) is 12.2 Å². The van der Waals surface area contributed by atoms with Crippen LogP contribution in [0.1, 0.15) is 19.8 Å². The number of carbonyl (C=O) groups excluding carboxylic acids is 1. The number of rotatable bonds is 3. The quantitative estimate of drug-likeness (QED) is 0.598. The average molecular weight is 210 g/mol. The lowest BCUT2D eigenvalue weighted by molar-refractivity contribution is 0.231. The normalized spacial score (nSPS) is 37.7. The van der Waals surface area contributed by atoms with Crippen molar-refractivity contribution in [3.8, 4) is 0 Å².